The number of aliphatic hydroxyl groups excluding tert-OH is 1. The van der Waals surface area contributed by atoms with Gasteiger partial charge in [0.1, 0.15) is 6.29 Å². The van der Waals surface area contributed by atoms with Gasteiger partial charge in [-0.05, 0) is 25.1 Å². The lowest BCUT2D eigenvalue weighted by Gasteiger charge is -2.12. The van der Waals surface area contributed by atoms with E-state index in [9.17, 15) is 4.79 Å². The number of carbonyl (C=O) groups is 1. The van der Waals surface area contributed by atoms with Crippen molar-refractivity contribution in [2.45, 2.75) is 13.2 Å². The van der Waals surface area contributed by atoms with E-state index >= 15 is 0 Å². The van der Waals surface area contributed by atoms with Crippen LogP contribution in [0, 0.1) is 0 Å². The molecule has 1 atom stereocenters. The molecule has 1 unspecified atom stereocenters. The normalized spacial score (nSPS) is 11.9. The molecule has 0 radical (unpaired) electrons. The molecule has 0 saturated carbocycles. The number of hydrogen-bond acceptors (Lipinski definition) is 4. The van der Waals surface area contributed by atoms with E-state index in [0.717, 1.165) is 0 Å². The number of methoxy groups -OCH3 is 1. The fourth-order valence-electron chi connectivity index (χ4n) is 1.04. The Morgan fingerprint density at radius 3 is 2.64 bits per heavy atom. The van der Waals surface area contributed by atoms with Crippen LogP contribution in [0.1, 0.15) is 17.3 Å². The Kier molecular flexibility index (Phi) is 3.48. The van der Waals surface area contributed by atoms with Gasteiger partial charge in [-0.3, -0.25) is 4.79 Å². The standard InChI is InChI=1S/C10H12O4/c1-7(12)14-10-5-8(6-11)3-4-9(10)13-2/h3-7,12H,1-2H3. The molecule has 0 aliphatic carbocycles. The molecule has 1 N–H and O–H groups in total. The van der Waals surface area contributed by atoms with Gasteiger partial charge in [-0.2, -0.15) is 0 Å². The molecule has 0 amide bonds. The van der Waals surface area contributed by atoms with E-state index in [2.05, 4.69) is 0 Å². The zero-order valence-electron chi connectivity index (χ0n) is 8.06. The fourth-order valence-corrected chi connectivity index (χ4v) is 1.04. The summed E-state index contributed by atoms with van der Waals surface area (Å²) in [6.45, 7) is 1.48. The second-order valence-corrected chi connectivity index (χ2v) is 2.75. The van der Waals surface area contributed by atoms with Crippen LogP contribution < -0.4 is 9.47 Å². The fraction of sp³-hybridized carbons (Fsp3) is 0.300. The van der Waals surface area contributed by atoms with Gasteiger partial charge in [0.15, 0.2) is 17.8 Å². The van der Waals surface area contributed by atoms with Crippen molar-refractivity contribution in [1.82, 2.24) is 0 Å². The third-order valence-electron chi connectivity index (χ3n) is 1.62. The highest BCUT2D eigenvalue weighted by molar-refractivity contribution is 5.76. The minimum absolute atomic E-state index is 0.354. The van der Waals surface area contributed by atoms with Crippen molar-refractivity contribution in [2.24, 2.45) is 0 Å². The molecule has 0 aromatic heterocycles. The molecule has 0 fully saturated rings. The van der Waals surface area contributed by atoms with E-state index in [0.29, 0.717) is 23.3 Å². The van der Waals surface area contributed by atoms with Gasteiger partial charge in [0.2, 0.25) is 0 Å². The molecule has 0 spiro atoms. The number of ether oxygens (including phenoxy) is 2. The van der Waals surface area contributed by atoms with Gasteiger partial charge in [-0.1, -0.05) is 0 Å². The third kappa shape index (κ3) is 2.47. The Morgan fingerprint density at radius 2 is 2.14 bits per heavy atom. The molecular formula is C10H12O4. The molecule has 0 aliphatic rings. The van der Waals surface area contributed by atoms with E-state index in [4.69, 9.17) is 14.6 Å². The Bertz CT molecular complexity index is 320. The summed E-state index contributed by atoms with van der Waals surface area (Å²) in [7, 11) is 1.49. The maximum Gasteiger partial charge on any atom is 0.194 e. The summed E-state index contributed by atoms with van der Waals surface area (Å²) in [5.41, 5.74) is 0.474. The molecular weight excluding hydrogens is 184 g/mol. The summed E-state index contributed by atoms with van der Waals surface area (Å²) < 4.78 is 10.0. The van der Waals surface area contributed by atoms with Gasteiger partial charge < -0.3 is 14.6 Å². The van der Waals surface area contributed by atoms with Gasteiger partial charge in [-0.15, -0.1) is 0 Å². The molecule has 1 aromatic rings. The summed E-state index contributed by atoms with van der Waals surface area (Å²) >= 11 is 0. The lowest BCUT2D eigenvalue weighted by molar-refractivity contribution is -0.00210. The van der Waals surface area contributed by atoms with Crippen molar-refractivity contribution < 1.29 is 19.4 Å². The quantitative estimate of drug-likeness (QED) is 0.581. The van der Waals surface area contributed by atoms with Crippen LogP contribution in [0.25, 0.3) is 0 Å². The lowest BCUT2D eigenvalue weighted by atomic mass is 10.2. The summed E-state index contributed by atoms with van der Waals surface area (Å²) in [5, 5.41) is 9.02. The number of carbonyl (C=O) groups excluding carboxylic acids is 1. The molecule has 0 saturated heterocycles. The molecule has 0 heterocycles. The first kappa shape index (κ1) is 10.5. The highest BCUT2D eigenvalue weighted by Crippen LogP contribution is 2.28. The Morgan fingerprint density at radius 1 is 1.43 bits per heavy atom. The van der Waals surface area contributed by atoms with Crippen molar-refractivity contribution in [3.8, 4) is 11.5 Å². The Labute approximate surface area is 82.1 Å². The Balaban J connectivity index is 3.01. The SMILES string of the molecule is COc1ccc(C=O)cc1OC(C)O. The van der Waals surface area contributed by atoms with E-state index < -0.39 is 6.29 Å². The summed E-state index contributed by atoms with van der Waals surface area (Å²) in [6, 6.07) is 4.74. The van der Waals surface area contributed by atoms with Crippen LogP contribution in [0.2, 0.25) is 0 Å². The predicted octanol–water partition coefficient (Wildman–Crippen LogP) is 1.22. The van der Waals surface area contributed by atoms with Gasteiger partial charge in [0.05, 0.1) is 7.11 Å². The highest BCUT2D eigenvalue weighted by atomic mass is 16.6. The Hall–Kier alpha value is -1.55. The zero-order chi connectivity index (χ0) is 10.6. The minimum Gasteiger partial charge on any atom is -0.493 e. The van der Waals surface area contributed by atoms with Crippen LogP contribution in [0.5, 0.6) is 11.5 Å². The molecule has 4 nitrogen and oxygen atoms in total. The first-order chi connectivity index (χ1) is 6.67. The van der Waals surface area contributed by atoms with Gasteiger partial charge >= 0.3 is 0 Å². The second-order valence-electron chi connectivity index (χ2n) is 2.75. The summed E-state index contributed by atoms with van der Waals surface area (Å²) in [6.07, 6.45) is -0.236. The van der Waals surface area contributed by atoms with E-state index in [1.54, 1.807) is 12.1 Å². The van der Waals surface area contributed by atoms with Gasteiger partial charge in [0.25, 0.3) is 0 Å². The van der Waals surface area contributed by atoms with Crippen LogP contribution in [0.4, 0.5) is 0 Å². The van der Waals surface area contributed by atoms with Crippen molar-refractivity contribution in [2.75, 3.05) is 7.11 Å². The number of rotatable bonds is 4. The number of benzene rings is 1. The largest absolute Gasteiger partial charge is 0.493 e. The number of hydrogen-bond donors (Lipinski definition) is 1. The van der Waals surface area contributed by atoms with Crippen LogP contribution in [0.15, 0.2) is 18.2 Å². The van der Waals surface area contributed by atoms with Crippen molar-refractivity contribution in [1.29, 1.82) is 0 Å². The number of aliphatic hydroxyl groups is 1. The smallest absolute Gasteiger partial charge is 0.194 e. The van der Waals surface area contributed by atoms with Crippen molar-refractivity contribution in [3.05, 3.63) is 23.8 Å². The molecule has 76 valence electrons. The van der Waals surface area contributed by atoms with Crippen LogP contribution in [0.3, 0.4) is 0 Å². The van der Waals surface area contributed by atoms with Gasteiger partial charge in [0, 0.05) is 5.56 Å². The predicted molar refractivity (Wildman–Crippen MR) is 50.7 cm³/mol. The average Bonchev–Trinajstić information content (AvgIpc) is 2.16. The monoisotopic (exact) mass is 196 g/mol. The van der Waals surface area contributed by atoms with Crippen LogP contribution >= 0.6 is 0 Å². The topological polar surface area (TPSA) is 55.8 Å². The van der Waals surface area contributed by atoms with Crippen molar-refractivity contribution in [3.63, 3.8) is 0 Å². The summed E-state index contributed by atoms with van der Waals surface area (Å²) in [4.78, 5) is 10.5. The first-order valence-corrected chi connectivity index (χ1v) is 4.15. The van der Waals surface area contributed by atoms with Crippen LogP contribution in [-0.4, -0.2) is 24.8 Å². The second kappa shape index (κ2) is 4.62. The zero-order valence-corrected chi connectivity index (χ0v) is 8.06. The van der Waals surface area contributed by atoms with Crippen molar-refractivity contribution >= 4 is 6.29 Å². The van der Waals surface area contributed by atoms with E-state index in [1.807, 2.05) is 0 Å². The average molecular weight is 196 g/mol. The molecule has 1 aromatic carbocycles. The summed E-state index contributed by atoms with van der Waals surface area (Å²) in [5.74, 6) is 0.837. The molecule has 0 bridgehead atoms. The molecule has 0 aliphatic heterocycles. The third-order valence-corrected chi connectivity index (χ3v) is 1.62. The van der Waals surface area contributed by atoms with E-state index in [1.165, 1.54) is 20.1 Å². The first-order valence-electron chi connectivity index (χ1n) is 4.15. The van der Waals surface area contributed by atoms with Crippen LogP contribution in [-0.2, 0) is 0 Å². The molecule has 4 heteroatoms. The minimum atomic E-state index is -0.939. The number of aldehydes is 1. The maximum atomic E-state index is 10.5. The van der Waals surface area contributed by atoms with Gasteiger partial charge in [-0.25, -0.2) is 0 Å². The maximum absolute atomic E-state index is 10.5. The lowest BCUT2D eigenvalue weighted by Crippen LogP contribution is -2.10. The molecule has 1 rings (SSSR count). The molecule has 14 heavy (non-hydrogen) atoms. The highest BCUT2D eigenvalue weighted by Gasteiger charge is 2.07. The van der Waals surface area contributed by atoms with E-state index in [-0.39, 0.29) is 0 Å².